The average Bonchev–Trinajstić information content (AvgIpc) is 3.00. The third kappa shape index (κ3) is 3.47. The first-order chi connectivity index (χ1) is 14.1. The number of nitrogens with two attached hydrogens (primary N) is 1. The monoisotopic (exact) mass is 421 g/mol. The Morgan fingerprint density at radius 1 is 1.03 bits per heavy atom. The normalized spacial score (nSPS) is 11.8. The highest BCUT2D eigenvalue weighted by Crippen LogP contribution is 2.29. The molecule has 30 heavy (non-hydrogen) atoms. The van der Waals surface area contributed by atoms with Gasteiger partial charge in [0.15, 0.2) is 11.6 Å². The average molecular weight is 421 g/mol. The highest BCUT2D eigenvalue weighted by Gasteiger charge is 2.32. The Hall–Kier alpha value is -3.83. The lowest BCUT2D eigenvalue weighted by Crippen LogP contribution is -2.11. The van der Waals surface area contributed by atoms with Crippen LogP contribution in [0.15, 0.2) is 36.5 Å². The molecule has 4 rings (SSSR count). The minimum Gasteiger partial charge on any atom is -0.381 e. The number of fused-ring (bicyclic) bond motifs is 1. The summed E-state index contributed by atoms with van der Waals surface area (Å²) in [5.74, 6) is -2.14. The molecular formula is C18H12F5N7. The van der Waals surface area contributed by atoms with Crippen LogP contribution in [0, 0.1) is 18.6 Å². The highest BCUT2D eigenvalue weighted by molar-refractivity contribution is 5.78. The zero-order valence-electron chi connectivity index (χ0n) is 15.2. The summed E-state index contributed by atoms with van der Waals surface area (Å²) in [5, 5.41) is 2.53. The van der Waals surface area contributed by atoms with Gasteiger partial charge in [-0.2, -0.15) is 27.5 Å². The van der Waals surface area contributed by atoms with Gasteiger partial charge >= 0.3 is 6.18 Å². The molecule has 0 unspecified atom stereocenters. The van der Waals surface area contributed by atoms with Crippen molar-refractivity contribution in [3.05, 3.63) is 59.7 Å². The van der Waals surface area contributed by atoms with Gasteiger partial charge in [0.25, 0.3) is 0 Å². The van der Waals surface area contributed by atoms with Crippen molar-refractivity contribution in [2.45, 2.75) is 13.1 Å². The smallest absolute Gasteiger partial charge is 0.381 e. The van der Waals surface area contributed by atoms with Crippen LogP contribution in [-0.4, -0.2) is 24.5 Å². The van der Waals surface area contributed by atoms with Crippen molar-refractivity contribution in [1.29, 1.82) is 0 Å². The number of nitrogen functional groups attached to an aromatic ring is 1. The lowest BCUT2D eigenvalue weighted by molar-refractivity contribution is -0.141. The molecule has 3 heterocycles. The number of nitrogens with one attached hydrogen (secondary N) is 1. The number of nitrogens with zero attached hydrogens (tertiary/aromatic N) is 5. The second-order valence-electron chi connectivity index (χ2n) is 6.25. The second kappa shape index (κ2) is 6.90. The molecule has 0 radical (unpaired) electrons. The quantitative estimate of drug-likeness (QED) is 0.483. The molecule has 0 saturated heterocycles. The lowest BCUT2D eigenvalue weighted by Gasteiger charge is -2.12. The van der Waals surface area contributed by atoms with Crippen LogP contribution < -0.4 is 11.1 Å². The molecule has 0 aliphatic carbocycles. The number of alkyl halides is 3. The fourth-order valence-corrected chi connectivity index (χ4v) is 2.83. The van der Waals surface area contributed by atoms with Gasteiger partial charge in [0, 0.05) is 6.07 Å². The first-order valence-corrected chi connectivity index (χ1v) is 8.42. The van der Waals surface area contributed by atoms with Gasteiger partial charge in [-0.05, 0) is 31.2 Å². The molecule has 3 aromatic heterocycles. The van der Waals surface area contributed by atoms with Crippen molar-refractivity contribution >= 4 is 28.4 Å². The standard InChI is InChI=1S/C18H12F5N7/c1-8-26-11-4-2-9(19)6-12(11)30(8)17-28-15(24)14(20)16(29-17)27-10-3-5-13(25-7-10)18(21,22)23/h2-7H,1H3,(H3,24,27,28,29). The molecule has 0 saturated carbocycles. The Morgan fingerprint density at radius 2 is 1.80 bits per heavy atom. The van der Waals surface area contributed by atoms with E-state index in [0.29, 0.717) is 16.9 Å². The van der Waals surface area contributed by atoms with E-state index in [4.69, 9.17) is 5.73 Å². The number of hydrogen-bond acceptors (Lipinski definition) is 6. The lowest BCUT2D eigenvalue weighted by atomic mass is 10.3. The van der Waals surface area contributed by atoms with Crippen LogP contribution in [-0.2, 0) is 6.18 Å². The maximum Gasteiger partial charge on any atom is 0.433 e. The molecule has 0 aliphatic heterocycles. The van der Waals surface area contributed by atoms with Crippen LogP contribution >= 0.6 is 0 Å². The number of halogens is 5. The number of hydrogen-bond donors (Lipinski definition) is 2. The summed E-state index contributed by atoms with van der Waals surface area (Å²) in [5.41, 5.74) is 5.39. The number of rotatable bonds is 3. The number of benzene rings is 1. The molecule has 4 aromatic rings. The van der Waals surface area contributed by atoms with E-state index >= 15 is 0 Å². The van der Waals surface area contributed by atoms with Crippen LogP contribution in [0.5, 0.6) is 0 Å². The fraction of sp³-hybridized carbons (Fsp3) is 0.111. The van der Waals surface area contributed by atoms with Crippen molar-refractivity contribution < 1.29 is 22.0 Å². The van der Waals surface area contributed by atoms with Crippen molar-refractivity contribution in [2.24, 2.45) is 0 Å². The molecule has 0 aliphatic rings. The number of anilines is 3. The number of aromatic nitrogens is 5. The maximum atomic E-state index is 14.5. The first-order valence-electron chi connectivity index (χ1n) is 8.42. The van der Waals surface area contributed by atoms with E-state index in [2.05, 4.69) is 25.3 Å². The summed E-state index contributed by atoms with van der Waals surface area (Å²) in [6, 6.07) is 5.73. The molecule has 0 bridgehead atoms. The number of imidazole rings is 1. The molecule has 0 atom stereocenters. The van der Waals surface area contributed by atoms with E-state index in [1.165, 1.54) is 22.8 Å². The largest absolute Gasteiger partial charge is 0.433 e. The number of pyridine rings is 1. The summed E-state index contributed by atoms with van der Waals surface area (Å²) in [4.78, 5) is 15.5. The van der Waals surface area contributed by atoms with Crippen LogP contribution in [0.25, 0.3) is 17.0 Å². The minimum absolute atomic E-state index is 0.0456. The van der Waals surface area contributed by atoms with Gasteiger partial charge in [-0.25, -0.2) is 14.4 Å². The summed E-state index contributed by atoms with van der Waals surface area (Å²) in [6.45, 7) is 1.62. The molecule has 3 N–H and O–H groups in total. The van der Waals surface area contributed by atoms with E-state index in [1.807, 2.05) is 0 Å². The van der Waals surface area contributed by atoms with Crippen molar-refractivity contribution in [2.75, 3.05) is 11.1 Å². The van der Waals surface area contributed by atoms with Gasteiger partial charge in [0.1, 0.15) is 17.3 Å². The Bertz CT molecular complexity index is 1250. The highest BCUT2D eigenvalue weighted by atomic mass is 19.4. The van der Waals surface area contributed by atoms with Crippen molar-refractivity contribution in [3.63, 3.8) is 0 Å². The maximum absolute atomic E-state index is 14.5. The minimum atomic E-state index is -4.61. The van der Waals surface area contributed by atoms with Gasteiger partial charge in [0.2, 0.25) is 11.8 Å². The molecule has 154 valence electrons. The van der Waals surface area contributed by atoms with E-state index < -0.39 is 35.1 Å². The van der Waals surface area contributed by atoms with E-state index in [1.54, 1.807) is 6.92 Å². The topological polar surface area (TPSA) is 94.5 Å². The third-order valence-corrected chi connectivity index (χ3v) is 4.17. The van der Waals surface area contributed by atoms with Crippen LogP contribution in [0.3, 0.4) is 0 Å². The summed E-state index contributed by atoms with van der Waals surface area (Å²) in [6.07, 6.45) is -3.72. The van der Waals surface area contributed by atoms with Crippen molar-refractivity contribution in [1.82, 2.24) is 24.5 Å². The molecule has 0 amide bonds. The Morgan fingerprint density at radius 3 is 2.47 bits per heavy atom. The summed E-state index contributed by atoms with van der Waals surface area (Å²) < 4.78 is 67.5. The summed E-state index contributed by atoms with van der Waals surface area (Å²) >= 11 is 0. The molecule has 0 fully saturated rings. The predicted molar refractivity (Wildman–Crippen MR) is 98.2 cm³/mol. The van der Waals surface area contributed by atoms with E-state index in [9.17, 15) is 22.0 Å². The van der Waals surface area contributed by atoms with Crippen LogP contribution in [0.4, 0.5) is 39.3 Å². The van der Waals surface area contributed by atoms with Gasteiger partial charge < -0.3 is 11.1 Å². The van der Waals surface area contributed by atoms with Crippen LogP contribution in [0.2, 0.25) is 0 Å². The second-order valence-corrected chi connectivity index (χ2v) is 6.25. The summed E-state index contributed by atoms with van der Waals surface area (Å²) in [7, 11) is 0. The molecule has 12 heteroatoms. The Kier molecular flexibility index (Phi) is 4.48. The van der Waals surface area contributed by atoms with Crippen LogP contribution in [0.1, 0.15) is 11.5 Å². The molecular weight excluding hydrogens is 409 g/mol. The van der Waals surface area contributed by atoms with E-state index in [0.717, 1.165) is 18.3 Å². The van der Waals surface area contributed by atoms with Gasteiger partial charge in [0.05, 0.1) is 22.9 Å². The predicted octanol–water partition coefficient (Wildman–Crippen LogP) is 4.14. The van der Waals surface area contributed by atoms with Gasteiger partial charge in [-0.3, -0.25) is 4.57 Å². The van der Waals surface area contributed by atoms with Gasteiger partial charge in [-0.15, -0.1) is 0 Å². The molecule has 0 spiro atoms. The SMILES string of the molecule is Cc1nc2ccc(F)cc2n1-c1nc(N)c(F)c(Nc2ccc(C(F)(F)F)nc2)n1. The first kappa shape index (κ1) is 19.5. The Labute approximate surface area is 165 Å². The molecule has 7 nitrogen and oxygen atoms in total. The van der Waals surface area contributed by atoms with Gasteiger partial charge in [-0.1, -0.05) is 0 Å². The van der Waals surface area contributed by atoms with Crippen molar-refractivity contribution in [3.8, 4) is 5.95 Å². The fourth-order valence-electron chi connectivity index (χ4n) is 2.83. The zero-order valence-corrected chi connectivity index (χ0v) is 15.2. The third-order valence-electron chi connectivity index (χ3n) is 4.17. The molecule has 1 aromatic carbocycles. The zero-order chi connectivity index (χ0) is 21.6. The van der Waals surface area contributed by atoms with E-state index in [-0.39, 0.29) is 11.6 Å². The Balaban J connectivity index is 1.77. The number of aryl methyl sites for hydroxylation is 1.